The van der Waals surface area contributed by atoms with Crippen molar-refractivity contribution in [3.8, 4) is 16.4 Å². The number of benzene rings is 2. The topological polar surface area (TPSA) is 114 Å². The Morgan fingerprint density at radius 3 is 2.58 bits per heavy atom. The Balaban J connectivity index is 1.87. The van der Waals surface area contributed by atoms with Gasteiger partial charge in [-0.3, -0.25) is 4.72 Å². The van der Waals surface area contributed by atoms with Crippen LogP contribution in [0.4, 0.5) is 5.69 Å². The summed E-state index contributed by atoms with van der Waals surface area (Å²) in [6.07, 6.45) is 0. The highest BCUT2D eigenvalue weighted by Gasteiger charge is 2.19. The fourth-order valence-electron chi connectivity index (χ4n) is 3.25. The van der Waals surface area contributed by atoms with E-state index in [2.05, 4.69) is 14.8 Å². The number of anilines is 1. The summed E-state index contributed by atoms with van der Waals surface area (Å²) < 4.78 is 29.0. The second-order valence-electron chi connectivity index (χ2n) is 7.46. The molecule has 31 heavy (non-hydrogen) atoms. The number of hydrogen-bond acceptors (Lipinski definition) is 6. The van der Waals surface area contributed by atoms with Crippen molar-refractivity contribution in [2.24, 2.45) is 5.92 Å². The molecule has 2 aromatic heterocycles. The maximum atomic E-state index is 12.4. The molecule has 0 aliphatic heterocycles. The maximum Gasteiger partial charge on any atom is 0.355 e. The molecule has 0 bridgehead atoms. The van der Waals surface area contributed by atoms with Gasteiger partial charge in [0.1, 0.15) is 5.69 Å². The smallest absolute Gasteiger partial charge is 0.355 e. The van der Waals surface area contributed by atoms with Crippen LogP contribution in [0.25, 0.3) is 27.3 Å². The molecule has 4 rings (SSSR count). The lowest BCUT2D eigenvalue weighted by molar-refractivity contribution is 0.0691. The number of carboxylic acid groups (broad SMARTS) is 1. The van der Waals surface area contributed by atoms with E-state index in [9.17, 15) is 18.3 Å². The van der Waals surface area contributed by atoms with Crippen LogP contribution in [0.3, 0.4) is 0 Å². The third-order valence-electron chi connectivity index (χ3n) is 4.45. The van der Waals surface area contributed by atoms with E-state index in [1.807, 2.05) is 44.2 Å². The molecule has 8 nitrogen and oxygen atoms in total. The first-order chi connectivity index (χ1) is 14.7. The Labute approximate surface area is 183 Å². The Morgan fingerprint density at radius 1 is 1.19 bits per heavy atom. The molecule has 0 spiro atoms. The molecule has 10 heteroatoms. The number of fused-ring (bicyclic) bond motifs is 1. The zero-order valence-corrected chi connectivity index (χ0v) is 18.4. The summed E-state index contributed by atoms with van der Waals surface area (Å²) in [6, 6.07) is 14.8. The van der Waals surface area contributed by atoms with Gasteiger partial charge in [0.2, 0.25) is 15.2 Å². The highest BCUT2D eigenvalue weighted by molar-refractivity contribution is 7.92. The van der Waals surface area contributed by atoms with Gasteiger partial charge in [-0.25, -0.2) is 22.9 Å². The lowest BCUT2D eigenvalue weighted by Gasteiger charge is -2.10. The molecular formula is C21H20N4O4S2. The van der Waals surface area contributed by atoms with Crippen molar-refractivity contribution in [3.05, 3.63) is 59.6 Å². The number of nitrogens with zero attached hydrogens (tertiary/aromatic N) is 3. The number of carboxylic acids is 1. The van der Waals surface area contributed by atoms with Crippen molar-refractivity contribution in [1.82, 2.24) is 14.8 Å². The standard InChI is InChI=1S/C21H20N4O4S2/c1-13(2)12-31(28,29)24-15-8-9-16-18(10-15)25(21-22-17(11-30-21)20(26)27)23-19(16)14-6-4-3-5-7-14/h3-11,13,24H,12H2,1-2H3,(H,26,27). The van der Waals surface area contributed by atoms with Crippen LogP contribution in [0, 0.1) is 5.92 Å². The highest BCUT2D eigenvalue weighted by Crippen LogP contribution is 2.32. The van der Waals surface area contributed by atoms with Crippen LogP contribution in [-0.4, -0.2) is 40.0 Å². The first-order valence-electron chi connectivity index (χ1n) is 9.51. The second kappa shape index (κ2) is 8.12. The predicted octanol–water partition coefficient (Wildman–Crippen LogP) is 4.24. The van der Waals surface area contributed by atoms with Crippen molar-refractivity contribution >= 4 is 43.9 Å². The number of carbonyl (C=O) groups is 1. The fraction of sp³-hybridized carbons (Fsp3) is 0.190. The van der Waals surface area contributed by atoms with E-state index in [0.717, 1.165) is 22.3 Å². The van der Waals surface area contributed by atoms with Gasteiger partial charge in [-0.05, 0) is 24.1 Å². The molecule has 0 fully saturated rings. The average molecular weight is 457 g/mol. The van der Waals surface area contributed by atoms with Gasteiger partial charge >= 0.3 is 5.97 Å². The van der Waals surface area contributed by atoms with E-state index in [0.29, 0.717) is 22.0 Å². The van der Waals surface area contributed by atoms with Crippen LogP contribution in [-0.2, 0) is 10.0 Å². The minimum absolute atomic E-state index is 0.00795. The van der Waals surface area contributed by atoms with Crippen LogP contribution in [0.2, 0.25) is 0 Å². The largest absolute Gasteiger partial charge is 0.476 e. The molecule has 2 heterocycles. The Bertz CT molecular complexity index is 1360. The molecule has 0 radical (unpaired) electrons. The number of rotatable bonds is 7. The van der Waals surface area contributed by atoms with Crippen LogP contribution in [0.5, 0.6) is 0 Å². The van der Waals surface area contributed by atoms with Crippen molar-refractivity contribution in [2.45, 2.75) is 13.8 Å². The lowest BCUT2D eigenvalue weighted by atomic mass is 10.1. The van der Waals surface area contributed by atoms with Gasteiger partial charge in [-0.15, -0.1) is 11.3 Å². The van der Waals surface area contributed by atoms with E-state index in [1.54, 1.807) is 22.9 Å². The third-order valence-corrected chi connectivity index (χ3v) is 6.92. The van der Waals surface area contributed by atoms with Gasteiger partial charge in [0.05, 0.1) is 17.0 Å². The van der Waals surface area contributed by atoms with Crippen molar-refractivity contribution in [2.75, 3.05) is 10.5 Å². The summed E-state index contributed by atoms with van der Waals surface area (Å²) in [6.45, 7) is 3.68. The summed E-state index contributed by atoms with van der Waals surface area (Å²) in [5, 5.41) is 16.5. The molecule has 2 N–H and O–H groups in total. The molecule has 160 valence electrons. The third kappa shape index (κ3) is 4.44. The molecule has 0 saturated heterocycles. The zero-order chi connectivity index (χ0) is 22.2. The molecule has 0 unspecified atom stereocenters. The summed E-state index contributed by atoms with van der Waals surface area (Å²) in [4.78, 5) is 15.4. The summed E-state index contributed by atoms with van der Waals surface area (Å²) >= 11 is 1.15. The van der Waals surface area contributed by atoms with Crippen LogP contribution in [0.1, 0.15) is 24.3 Å². The minimum Gasteiger partial charge on any atom is -0.476 e. The molecule has 4 aromatic rings. The van der Waals surface area contributed by atoms with Gasteiger partial charge < -0.3 is 5.11 Å². The van der Waals surface area contributed by atoms with Crippen LogP contribution in [0.15, 0.2) is 53.9 Å². The molecule has 0 aliphatic carbocycles. The van der Waals surface area contributed by atoms with Gasteiger partial charge in [0.15, 0.2) is 5.69 Å². The summed E-state index contributed by atoms with van der Waals surface area (Å²) in [5.74, 6) is -1.13. The first kappa shape index (κ1) is 21.0. The normalized spacial score (nSPS) is 11.8. The zero-order valence-electron chi connectivity index (χ0n) is 16.8. The molecule has 0 atom stereocenters. The summed E-state index contributed by atoms with van der Waals surface area (Å²) in [5.41, 5.74) is 2.53. The Morgan fingerprint density at radius 2 is 1.94 bits per heavy atom. The maximum absolute atomic E-state index is 12.4. The number of aromatic carboxylic acids is 1. The average Bonchev–Trinajstić information content (AvgIpc) is 3.32. The van der Waals surface area contributed by atoms with Crippen molar-refractivity contribution in [3.63, 3.8) is 0 Å². The molecule has 0 aliphatic rings. The van der Waals surface area contributed by atoms with E-state index in [4.69, 9.17) is 0 Å². The summed E-state index contributed by atoms with van der Waals surface area (Å²) in [7, 11) is -3.50. The van der Waals surface area contributed by atoms with Gasteiger partial charge in [-0.2, -0.15) is 5.10 Å². The van der Waals surface area contributed by atoms with Crippen molar-refractivity contribution in [1.29, 1.82) is 0 Å². The number of nitrogens with one attached hydrogen (secondary N) is 1. The fourth-order valence-corrected chi connectivity index (χ4v) is 5.46. The molecule has 0 saturated carbocycles. The molecule has 0 amide bonds. The van der Waals surface area contributed by atoms with E-state index in [-0.39, 0.29) is 17.4 Å². The number of sulfonamides is 1. The van der Waals surface area contributed by atoms with Crippen LogP contribution < -0.4 is 4.72 Å². The Kier molecular flexibility index (Phi) is 5.50. The molecule has 2 aromatic carbocycles. The predicted molar refractivity (Wildman–Crippen MR) is 121 cm³/mol. The highest BCUT2D eigenvalue weighted by atomic mass is 32.2. The van der Waals surface area contributed by atoms with Crippen LogP contribution >= 0.6 is 11.3 Å². The number of thiazole rings is 1. The first-order valence-corrected chi connectivity index (χ1v) is 12.0. The van der Waals surface area contributed by atoms with E-state index >= 15 is 0 Å². The second-order valence-corrected chi connectivity index (χ2v) is 10.1. The monoisotopic (exact) mass is 456 g/mol. The lowest BCUT2D eigenvalue weighted by Crippen LogP contribution is -2.20. The number of hydrogen-bond donors (Lipinski definition) is 2. The Hall–Kier alpha value is -3.24. The van der Waals surface area contributed by atoms with Gasteiger partial charge in [0.25, 0.3) is 0 Å². The SMILES string of the molecule is CC(C)CS(=O)(=O)Nc1ccc2c(-c3ccccc3)nn(-c3nc(C(=O)O)cs3)c2c1. The quantitative estimate of drug-likeness (QED) is 0.430. The number of aromatic nitrogens is 3. The molecular weight excluding hydrogens is 436 g/mol. The van der Waals surface area contributed by atoms with E-state index < -0.39 is 16.0 Å². The van der Waals surface area contributed by atoms with Gasteiger partial charge in [0, 0.05) is 16.3 Å². The van der Waals surface area contributed by atoms with Gasteiger partial charge in [-0.1, -0.05) is 44.2 Å². The van der Waals surface area contributed by atoms with Crippen molar-refractivity contribution < 1.29 is 18.3 Å². The minimum atomic E-state index is -3.50. The van der Waals surface area contributed by atoms with E-state index in [1.165, 1.54) is 5.38 Å².